The van der Waals surface area contributed by atoms with Crippen LogP contribution in [-0.4, -0.2) is 29.7 Å². The molecule has 0 radical (unpaired) electrons. The van der Waals surface area contributed by atoms with Gasteiger partial charge in [-0.25, -0.2) is 4.98 Å². The maximum absolute atomic E-state index is 5.38. The normalized spacial score (nSPS) is 10.2. The molecule has 0 aliphatic carbocycles. The molecular weight excluding hydrogens is 202 g/mol. The smallest absolute Gasteiger partial charge is 0.147 e. The van der Waals surface area contributed by atoms with Crippen molar-refractivity contribution in [3.8, 4) is 0 Å². The van der Waals surface area contributed by atoms with Gasteiger partial charge < -0.3 is 10.1 Å². The molecule has 1 aromatic heterocycles. The molecule has 0 bridgehead atoms. The van der Waals surface area contributed by atoms with Gasteiger partial charge in [-0.15, -0.1) is 0 Å². The van der Waals surface area contributed by atoms with Gasteiger partial charge in [0, 0.05) is 12.7 Å². The highest BCUT2D eigenvalue weighted by Gasteiger charge is 2.00. The van der Waals surface area contributed by atoms with Crippen molar-refractivity contribution in [3.05, 3.63) is 29.7 Å². The number of ether oxygens (including phenoxy) is 1. The van der Waals surface area contributed by atoms with Crippen LogP contribution in [0.5, 0.6) is 0 Å². The van der Waals surface area contributed by atoms with E-state index in [-0.39, 0.29) is 0 Å². The Labute approximate surface area is 96.8 Å². The number of rotatable bonds is 6. The van der Waals surface area contributed by atoms with E-state index in [9.17, 15) is 0 Å². The molecule has 0 amide bonds. The molecule has 1 aromatic rings. The van der Waals surface area contributed by atoms with E-state index in [1.54, 1.807) is 6.20 Å². The highest BCUT2D eigenvalue weighted by Crippen LogP contribution is 2.07. The molecule has 0 aliphatic heterocycles. The van der Waals surface area contributed by atoms with Gasteiger partial charge >= 0.3 is 0 Å². The Morgan fingerprint density at radius 3 is 2.94 bits per heavy atom. The third-order valence-corrected chi connectivity index (χ3v) is 1.96. The van der Waals surface area contributed by atoms with Gasteiger partial charge in [-0.2, -0.15) is 0 Å². The maximum atomic E-state index is 5.38. The predicted molar refractivity (Wildman–Crippen MR) is 65.6 cm³/mol. The van der Waals surface area contributed by atoms with Gasteiger partial charge in [0.2, 0.25) is 0 Å². The minimum Gasteiger partial charge on any atom is -0.375 e. The summed E-state index contributed by atoms with van der Waals surface area (Å²) in [6, 6.07) is 0. The molecule has 16 heavy (non-hydrogen) atoms. The van der Waals surface area contributed by atoms with Gasteiger partial charge in [-0.1, -0.05) is 12.2 Å². The average molecular weight is 221 g/mol. The Balaban J connectivity index is 2.31. The highest BCUT2D eigenvalue weighted by atomic mass is 16.5. The maximum Gasteiger partial charge on any atom is 0.147 e. The number of aryl methyl sites for hydroxylation is 2. The van der Waals surface area contributed by atoms with Crippen LogP contribution >= 0.6 is 0 Å². The van der Waals surface area contributed by atoms with Crippen molar-refractivity contribution in [2.24, 2.45) is 0 Å². The van der Waals surface area contributed by atoms with Crippen LogP contribution in [0.15, 0.2) is 18.3 Å². The van der Waals surface area contributed by atoms with Crippen molar-refractivity contribution >= 4 is 5.82 Å². The van der Waals surface area contributed by atoms with Gasteiger partial charge in [0.05, 0.1) is 24.6 Å². The Hall–Kier alpha value is -1.42. The van der Waals surface area contributed by atoms with Crippen LogP contribution in [-0.2, 0) is 4.74 Å². The summed E-state index contributed by atoms with van der Waals surface area (Å²) in [6.07, 6.45) is 1.76. The Kier molecular flexibility index (Phi) is 4.92. The van der Waals surface area contributed by atoms with Crippen LogP contribution < -0.4 is 5.32 Å². The van der Waals surface area contributed by atoms with E-state index in [0.29, 0.717) is 13.2 Å². The third-order valence-electron chi connectivity index (χ3n) is 1.96. The van der Waals surface area contributed by atoms with Crippen molar-refractivity contribution in [2.45, 2.75) is 20.8 Å². The third kappa shape index (κ3) is 4.40. The van der Waals surface area contributed by atoms with E-state index in [1.807, 2.05) is 20.8 Å². The quantitative estimate of drug-likeness (QED) is 0.590. The summed E-state index contributed by atoms with van der Waals surface area (Å²) < 4.78 is 5.38. The van der Waals surface area contributed by atoms with Crippen molar-refractivity contribution in [1.29, 1.82) is 0 Å². The molecule has 4 nitrogen and oxygen atoms in total. The van der Waals surface area contributed by atoms with E-state index < -0.39 is 0 Å². The molecule has 0 aliphatic rings. The van der Waals surface area contributed by atoms with Gasteiger partial charge in [-0.05, 0) is 20.8 Å². The minimum atomic E-state index is 0.611. The summed E-state index contributed by atoms with van der Waals surface area (Å²) in [5, 5.41) is 3.20. The van der Waals surface area contributed by atoms with E-state index in [4.69, 9.17) is 4.74 Å². The average Bonchev–Trinajstić information content (AvgIpc) is 2.22. The molecule has 1 heterocycles. The summed E-state index contributed by atoms with van der Waals surface area (Å²) in [5.74, 6) is 0.832. The molecule has 0 saturated carbocycles. The largest absolute Gasteiger partial charge is 0.375 e. The molecule has 1 rings (SSSR count). The summed E-state index contributed by atoms with van der Waals surface area (Å²) in [6.45, 7) is 11.6. The van der Waals surface area contributed by atoms with Gasteiger partial charge in [0.25, 0.3) is 0 Å². The standard InChI is InChI=1S/C12H19N3O/c1-9(2)8-16-6-5-13-12-11(4)14-7-10(3)15-12/h7H,1,5-6,8H2,2-4H3,(H,13,15). The second-order valence-corrected chi connectivity index (χ2v) is 3.88. The molecule has 1 N–H and O–H groups in total. The number of anilines is 1. The van der Waals surface area contributed by atoms with Crippen LogP contribution in [0.25, 0.3) is 0 Å². The molecule has 0 fully saturated rings. The molecular formula is C12H19N3O. The van der Waals surface area contributed by atoms with Crippen LogP contribution in [0.2, 0.25) is 0 Å². The zero-order valence-electron chi connectivity index (χ0n) is 10.2. The first-order chi connectivity index (χ1) is 7.59. The molecule has 0 unspecified atom stereocenters. The van der Waals surface area contributed by atoms with Gasteiger partial charge in [0.1, 0.15) is 5.82 Å². The van der Waals surface area contributed by atoms with Crippen LogP contribution in [0, 0.1) is 13.8 Å². The molecule has 0 saturated heterocycles. The summed E-state index contributed by atoms with van der Waals surface area (Å²) in [7, 11) is 0. The van der Waals surface area contributed by atoms with Crippen molar-refractivity contribution in [1.82, 2.24) is 9.97 Å². The lowest BCUT2D eigenvalue weighted by Crippen LogP contribution is -2.12. The molecule has 0 spiro atoms. The molecule has 4 heteroatoms. The Morgan fingerprint density at radius 1 is 1.50 bits per heavy atom. The zero-order valence-corrected chi connectivity index (χ0v) is 10.2. The van der Waals surface area contributed by atoms with Crippen LogP contribution in [0.1, 0.15) is 18.3 Å². The topological polar surface area (TPSA) is 47.0 Å². The first-order valence-electron chi connectivity index (χ1n) is 5.36. The number of nitrogens with zero attached hydrogens (tertiary/aromatic N) is 2. The summed E-state index contributed by atoms with van der Waals surface area (Å²) in [5.41, 5.74) is 2.85. The first kappa shape index (κ1) is 12.6. The summed E-state index contributed by atoms with van der Waals surface area (Å²) >= 11 is 0. The van der Waals surface area contributed by atoms with Crippen molar-refractivity contribution in [2.75, 3.05) is 25.1 Å². The Morgan fingerprint density at radius 2 is 2.25 bits per heavy atom. The fraction of sp³-hybridized carbons (Fsp3) is 0.500. The van der Waals surface area contributed by atoms with E-state index in [0.717, 1.165) is 29.3 Å². The second-order valence-electron chi connectivity index (χ2n) is 3.88. The van der Waals surface area contributed by atoms with Crippen molar-refractivity contribution < 1.29 is 4.74 Å². The first-order valence-corrected chi connectivity index (χ1v) is 5.36. The van der Waals surface area contributed by atoms with Crippen LogP contribution in [0.4, 0.5) is 5.82 Å². The highest BCUT2D eigenvalue weighted by molar-refractivity contribution is 5.39. The number of aromatic nitrogens is 2. The lowest BCUT2D eigenvalue weighted by molar-refractivity contribution is 0.167. The number of nitrogens with one attached hydrogen (secondary N) is 1. The second kappa shape index (κ2) is 6.23. The molecule has 0 atom stereocenters. The molecule has 0 aromatic carbocycles. The van der Waals surface area contributed by atoms with E-state index >= 15 is 0 Å². The van der Waals surface area contributed by atoms with Crippen LogP contribution in [0.3, 0.4) is 0 Å². The predicted octanol–water partition coefficient (Wildman–Crippen LogP) is 2.10. The Bertz CT molecular complexity index is 363. The lowest BCUT2D eigenvalue weighted by atomic mass is 10.4. The fourth-order valence-corrected chi connectivity index (χ4v) is 1.19. The number of hydrogen-bond acceptors (Lipinski definition) is 4. The van der Waals surface area contributed by atoms with E-state index in [2.05, 4.69) is 21.9 Å². The van der Waals surface area contributed by atoms with E-state index in [1.165, 1.54) is 0 Å². The zero-order chi connectivity index (χ0) is 12.0. The number of hydrogen-bond donors (Lipinski definition) is 1. The lowest BCUT2D eigenvalue weighted by Gasteiger charge is -2.08. The minimum absolute atomic E-state index is 0.611. The van der Waals surface area contributed by atoms with Gasteiger partial charge in [-0.3, -0.25) is 4.98 Å². The summed E-state index contributed by atoms with van der Waals surface area (Å²) in [4.78, 5) is 8.58. The monoisotopic (exact) mass is 221 g/mol. The van der Waals surface area contributed by atoms with Crippen molar-refractivity contribution in [3.63, 3.8) is 0 Å². The molecule has 88 valence electrons. The fourth-order valence-electron chi connectivity index (χ4n) is 1.19. The van der Waals surface area contributed by atoms with Gasteiger partial charge in [0.15, 0.2) is 0 Å². The SMILES string of the molecule is C=C(C)COCCNc1nc(C)cnc1C.